The highest BCUT2D eigenvalue weighted by Gasteiger charge is 2.32. The summed E-state index contributed by atoms with van der Waals surface area (Å²) in [6, 6.07) is 0.780. The lowest BCUT2D eigenvalue weighted by atomic mass is 9.86. The van der Waals surface area contributed by atoms with Crippen molar-refractivity contribution in [3.8, 4) is 0 Å². The van der Waals surface area contributed by atoms with Crippen LogP contribution in [0.1, 0.15) is 40.5 Å². The first kappa shape index (κ1) is 13.0. The van der Waals surface area contributed by atoms with Gasteiger partial charge in [0.15, 0.2) is 0 Å². The second-order valence-corrected chi connectivity index (χ2v) is 5.81. The second kappa shape index (κ2) is 5.31. The zero-order valence-electron chi connectivity index (χ0n) is 11.1. The molecule has 1 fully saturated rings. The molecule has 1 heterocycles. The number of nitrogens with one attached hydrogen (secondary N) is 1. The molecule has 0 aromatic heterocycles. The molecule has 90 valence electrons. The van der Waals surface area contributed by atoms with E-state index >= 15 is 0 Å². The molecule has 1 rings (SSSR count). The smallest absolute Gasteiger partial charge is 0.00702 e. The highest BCUT2D eigenvalue weighted by molar-refractivity contribution is 4.86. The highest BCUT2D eigenvalue weighted by Crippen LogP contribution is 2.28. The van der Waals surface area contributed by atoms with E-state index in [1.54, 1.807) is 0 Å². The van der Waals surface area contributed by atoms with Crippen molar-refractivity contribution in [2.24, 2.45) is 11.3 Å². The van der Waals surface area contributed by atoms with Gasteiger partial charge in [0.2, 0.25) is 0 Å². The van der Waals surface area contributed by atoms with Crippen LogP contribution in [0.3, 0.4) is 0 Å². The quantitative estimate of drug-likeness (QED) is 0.752. The summed E-state index contributed by atoms with van der Waals surface area (Å²) < 4.78 is 0. The maximum absolute atomic E-state index is 3.33. The number of likely N-dealkylation sites (tertiary alicyclic amines) is 1. The lowest BCUT2D eigenvalue weighted by Gasteiger charge is -2.35. The summed E-state index contributed by atoms with van der Waals surface area (Å²) in [4.78, 5) is 2.67. The third-order valence-corrected chi connectivity index (χ3v) is 3.95. The summed E-state index contributed by atoms with van der Waals surface area (Å²) in [5.41, 5.74) is 0.438. The molecule has 1 saturated heterocycles. The molecule has 0 aromatic carbocycles. The first-order valence-electron chi connectivity index (χ1n) is 6.39. The van der Waals surface area contributed by atoms with Crippen molar-refractivity contribution in [1.29, 1.82) is 0 Å². The number of nitrogens with zero attached hydrogens (tertiary/aromatic N) is 1. The molecule has 0 spiro atoms. The van der Waals surface area contributed by atoms with Gasteiger partial charge in [-0.05, 0) is 38.1 Å². The molecular weight excluding hydrogens is 184 g/mol. The Morgan fingerprint density at radius 2 is 2.07 bits per heavy atom. The van der Waals surface area contributed by atoms with Crippen LogP contribution in [0.15, 0.2) is 0 Å². The number of rotatable bonds is 5. The van der Waals surface area contributed by atoms with Gasteiger partial charge in [0, 0.05) is 25.7 Å². The Balaban J connectivity index is 2.51. The fourth-order valence-electron chi connectivity index (χ4n) is 2.82. The predicted octanol–water partition coefficient (Wildman–Crippen LogP) is 2.35. The fourth-order valence-corrected chi connectivity index (χ4v) is 2.82. The van der Waals surface area contributed by atoms with Gasteiger partial charge in [-0.3, -0.25) is 4.90 Å². The van der Waals surface area contributed by atoms with E-state index in [1.165, 1.54) is 25.9 Å². The van der Waals surface area contributed by atoms with Crippen LogP contribution in [0, 0.1) is 11.3 Å². The van der Waals surface area contributed by atoms with Gasteiger partial charge in [0.25, 0.3) is 0 Å². The van der Waals surface area contributed by atoms with Gasteiger partial charge in [0.05, 0.1) is 0 Å². The summed E-state index contributed by atoms with van der Waals surface area (Å²) in [7, 11) is 2.06. The van der Waals surface area contributed by atoms with Gasteiger partial charge >= 0.3 is 0 Å². The van der Waals surface area contributed by atoms with E-state index in [9.17, 15) is 0 Å². The van der Waals surface area contributed by atoms with E-state index in [4.69, 9.17) is 0 Å². The molecule has 0 radical (unpaired) electrons. The van der Waals surface area contributed by atoms with Crippen LogP contribution in [-0.4, -0.2) is 37.6 Å². The van der Waals surface area contributed by atoms with Gasteiger partial charge < -0.3 is 5.32 Å². The molecule has 2 nitrogen and oxygen atoms in total. The van der Waals surface area contributed by atoms with Crippen molar-refractivity contribution < 1.29 is 0 Å². The second-order valence-electron chi connectivity index (χ2n) is 5.81. The first-order chi connectivity index (χ1) is 7.00. The molecular formula is C13H28N2. The van der Waals surface area contributed by atoms with Crippen molar-refractivity contribution in [2.45, 2.75) is 46.6 Å². The molecule has 1 N–H and O–H groups in total. The van der Waals surface area contributed by atoms with Crippen LogP contribution >= 0.6 is 0 Å². The van der Waals surface area contributed by atoms with Gasteiger partial charge in [0.1, 0.15) is 0 Å². The first-order valence-corrected chi connectivity index (χ1v) is 6.39. The molecule has 3 unspecified atom stereocenters. The van der Waals surface area contributed by atoms with E-state index < -0.39 is 0 Å². The minimum absolute atomic E-state index is 0.438. The average Bonchev–Trinajstić information content (AvgIpc) is 2.45. The third kappa shape index (κ3) is 3.46. The molecule has 0 amide bonds. The fraction of sp³-hybridized carbons (Fsp3) is 1.00. The molecule has 1 aliphatic rings. The highest BCUT2D eigenvalue weighted by atomic mass is 15.2. The molecule has 0 aliphatic carbocycles. The summed E-state index contributed by atoms with van der Waals surface area (Å²) in [6.07, 6.45) is 2.63. The van der Waals surface area contributed by atoms with Crippen molar-refractivity contribution in [3.05, 3.63) is 0 Å². The minimum Gasteiger partial charge on any atom is -0.319 e. The van der Waals surface area contributed by atoms with Crippen LogP contribution in [0.4, 0.5) is 0 Å². The van der Waals surface area contributed by atoms with Crippen LogP contribution in [0.2, 0.25) is 0 Å². The summed E-state index contributed by atoms with van der Waals surface area (Å²) in [5.74, 6) is 0.885. The van der Waals surface area contributed by atoms with E-state index in [0.717, 1.165) is 18.5 Å². The van der Waals surface area contributed by atoms with Crippen LogP contribution in [-0.2, 0) is 0 Å². The molecule has 2 heteroatoms. The molecule has 15 heavy (non-hydrogen) atoms. The van der Waals surface area contributed by atoms with Crippen LogP contribution < -0.4 is 5.32 Å². The molecule has 3 atom stereocenters. The predicted molar refractivity (Wildman–Crippen MR) is 67.1 cm³/mol. The average molecular weight is 212 g/mol. The van der Waals surface area contributed by atoms with Gasteiger partial charge in [-0.2, -0.15) is 0 Å². The normalized spacial score (nSPS) is 31.8. The lowest BCUT2D eigenvalue weighted by molar-refractivity contribution is 0.150. The van der Waals surface area contributed by atoms with E-state index in [2.05, 4.69) is 45.0 Å². The maximum atomic E-state index is 3.33. The molecule has 0 saturated carbocycles. The molecule has 0 aromatic rings. The largest absolute Gasteiger partial charge is 0.319 e. The minimum atomic E-state index is 0.438. The maximum Gasteiger partial charge on any atom is 0.00702 e. The topological polar surface area (TPSA) is 15.3 Å². The molecule has 1 aliphatic heterocycles. The Morgan fingerprint density at radius 1 is 1.40 bits per heavy atom. The number of hydrogen-bond acceptors (Lipinski definition) is 2. The summed E-state index contributed by atoms with van der Waals surface area (Å²) in [5, 5.41) is 3.33. The summed E-state index contributed by atoms with van der Waals surface area (Å²) in [6.45, 7) is 13.1. The Bertz CT molecular complexity index is 193. The van der Waals surface area contributed by atoms with Crippen LogP contribution in [0.25, 0.3) is 0 Å². The lowest BCUT2D eigenvalue weighted by Crippen LogP contribution is -2.42. The zero-order chi connectivity index (χ0) is 11.5. The SMILES string of the molecule is CCC(C)(CNC)CN1CC(C)CC1C. The van der Waals surface area contributed by atoms with E-state index in [-0.39, 0.29) is 0 Å². The standard InChI is InChI=1S/C13H28N2/c1-6-13(4,9-14-5)10-15-8-11(2)7-12(15)3/h11-12,14H,6-10H2,1-5H3. The van der Waals surface area contributed by atoms with Crippen molar-refractivity contribution >= 4 is 0 Å². The Hall–Kier alpha value is -0.0800. The van der Waals surface area contributed by atoms with Crippen LogP contribution in [0.5, 0.6) is 0 Å². The third-order valence-electron chi connectivity index (χ3n) is 3.95. The van der Waals surface area contributed by atoms with Crippen molar-refractivity contribution in [3.63, 3.8) is 0 Å². The van der Waals surface area contributed by atoms with Crippen molar-refractivity contribution in [1.82, 2.24) is 10.2 Å². The Kier molecular flexibility index (Phi) is 4.60. The molecule has 0 bridgehead atoms. The number of hydrogen-bond donors (Lipinski definition) is 1. The van der Waals surface area contributed by atoms with Gasteiger partial charge in [-0.1, -0.05) is 20.8 Å². The van der Waals surface area contributed by atoms with Crippen molar-refractivity contribution in [2.75, 3.05) is 26.7 Å². The Labute approximate surface area is 95.4 Å². The zero-order valence-corrected chi connectivity index (χ0v) is 11.1. The Morgan fingerprint density at radius 3 is 2.47 bits per heavy atom. The van der Waals surface area contributed by atoms with Gasteiger partial charge in [-0.15, -0.1) is 0 Å². The monoisotopic (exact) mass is 212 g/mol. The van der Waals surface area contributed by atoms with Gasteiger partial charge in [-0.25, -0.2) is 0 Å². The summed E-state index contributed by atoms with van der Waals surface area (Å²) >= 11 is 0. The van der Waals surface area contributed by atoms with E-state index in [1.807, 2.05) is 0 Å². The van der Waals surface area contributed by atoms with E-state index in [0.29, 0.717) is 5.41 Å².